The highest BCUT2D eigenvalue weighted by atomic mass is 35.5. The average molecular weight is 147 g/mol. The summed E-state index contributed by atoms with van der Waals surface area (Å²) in [6, 6.07) is 0. The maximum atomic E-state index is 5.98. The SMILES string of the molecule is CCC(C)C1C(C)C1Cl. The second kappa shape index (κ2) is 2.49. The molecule has 1 rings (SSSR count). The van der Waals surface area contributed by atoms with E-state index in [2.05, 4.69) is 20.8 Å². The Hall–Kier alpha value is 0.290. The largest absolute Gasteiger partial charge is 0.122 e. The summed E-state index contributed by atoms with van der Waals surface area (Å²) in [5.41, 5.74) is 0. The van der Waals surface area contributed by atoms with Crippen LogP contribution in [0.3, 0.4) is 0 Å². The third kappa shape index (κ3) is 1.24. The third-order valence-corrected chi connectivity index (χ3v) is 3.33. The molecule has 0 aromatic heterocycles. The van der Waals surface area contributed by atoms with Crippen molar-refractivity contribution in [2.24, 2.45) is 17.8 Å². The van der Waals surface area contributed by atoms with E-state index in [0.717, 1.165) is 17.8 Å². The number of alkyl halides is 1. The molecule has 0 aromatic rings. The second-order valence-electron chi connectivity index (χ2n) is 3.27. The van der Waals surface area contributed by atoms with E-state index in [1.807, 2.05) is 0 Å². The standard InChI is InChI=1S/C8H15Cl/c1-4-5(2)7-6(3)8(7)9/h5-8H,4H2,1-3H3. The fourth-order valence-corrected chi connectivity index (χ4v) is 2.11. The molecule has 0 radical (unpaired) electrons. The molecule has 1 heteroatoms. The van der Waals surface area contributed by atoms with Gasteiger partial charge < -0.3 is 0 Å². The Morgan fingerprint density at radius 1 is 1.56 bits per heavy atom. The lowest BCUT2D eigenvalue weighted by Gasteiger charge is -2.04. The van der Waals surface area contributed by atoms with Gasteiger partial charge in [-0.25, -0.2) is 0 Å². The van der Waals surface area contributed by atoms with Gasteiger partial charge in [0.2, 0.25) is 0 Å². The van der Waals surface area contributed by atoms with Crippen molar-refractivity contribution < 1.29 is 0 Å². The number of hydrogen-bond acceptors (Lipinski definition) is 0. The summed E-state index contributed by atoms with van der Waals surface area (Å²) in [5.74, 6) is 2.43. The first-order valence-corrected chi connectivity index (χ1v) is 4.26. The molecule has 1 aliphatic rings. The first kappa shape index (κ1) is 7.40. The van der Waals surface area contributed by atoms with Gasteiger partial charge in [0, 0.05) is 5.38 Å². The fraction of sp³-hybridized carbons (Fsp3) is 1.00. The highest BCUT2D eigenvalue weighted by Crippen LogP contribution is 2.49. The van der Waals surface area contributed by atoms with Crippen molar-refractivity contribution in [2.45, 2.75) is 32.6 Å². The summed E-state index contributed by atoms with van der Waals surface area (Å²) in [5, 5.41) is 0.486. The van der Waals surface area contributed by atoms with Crippen LogP contribution in [-0.4, -0.2) is 5.38 Å². The molecule has 0 aliphatic heterocycles. The molecule has 54 valence electrons. The number of halogens is 1. The lowest BCUT2D eigenvalue weighted by molar-refractivity contribution is 0.469. The van der Waals surface area contributed by atoms with Gasteiger partial charge in [0.1, 0.15) is 0 Å². The van der Waals surface area contributed by atoms with Crippen LogP contribution in [0, 0.1) is 17.8 Å². The highest BCUT2D eigenvalue weighted by Gasteiger charge is 2.47. The zero-order valence-electron chi connectivity index (χ0n) is 6.39. The van der Waals surface area contributed by atoms with Gasteiger partial charge in [0.25, 0.3) is 0 Å². The monoisotopic (exact) mass is 146 g/mol. The van der Waals surface area contributed by atoms with Gasteiger partial charge in [-0.15, -0.1) is 11.6 Å². The van der Waals surface area contributed by atoms with Gasteiger partial charge in [0.05, 0.1) is 0 Å². The van der Waals surface area contributed by atoms with E-state index in [4.69, 9.17) is 11.6 Å². The van der Waals surface area contributed by atoms with Crippen LogP contribution in [-0.2, 0) is 0 Å². The van der Waals surface area contributed by atoms with Crippen molar-refractivity contribution in [1.82, 2.24) is 0 Å². The minimum absolute atomic E-state index is 0.486. The van der Waals surface area contributed by atoms with E-state index in [1.54, 1.807) is 0 Å². The molecule has 4 unspecified atom stereocenters. The van der Waals surface area contributed by atoms with Gasteiger partial charge in [-0.2, -0.15) is 0 Å². The molecular formula is C8H15Cl. The van der Waals surface area contributed by atoms with E-state index in [1.165, 1.54) is 6.42 Å². The van der Waals surface area contributed by atoms with Gasteiger partial charge in [0.15, 0.2) is 0 Å². The zero-order valence-corrected chi connectivity index (χ0v) is 7.15. The van der Waals surface area contributed by atoms with E-state index in [-0.39, 0.29) is 0 Å². The van der Waals surface area contributed by atoms with Crippen molar-refractivity contribution in [3.63, 3.8) is 0 Å². The van der Waals surface area contributed by atoms with Gasteiger partial charge in [-0.3, -0.25) is 0 Å². The molecular weight excluding hydrogens is 132 g/mol. The fourth-order valence-electron chi connectivity index (χ4n) is 1.55. The summed E-state index contributed by atoms with van der Waals surface area (Å²) < 4.78 is 0. The van der Waals surface area contributed by atoms with Crippen molar-refractivity contribution in [1.29, 1.82) is 0 Å². The molecule has 0 spiro atoms. The Morgan fingerprint density at radius 2 is 2.00 bits per heavy atom. The lowest BCUT2D eigenvalue weighted by Crippen LogP contribution is -1.96. The highest BCUT2D eigenvalue weighted by molar-refractivity contribution is 6.23. The smallest absolute Gasteiger partial charge is 0.0398 e. The molecule has 0 amide bonds. The lowest BCUT2D eigenvalue weighted by atomic mass is 10.0. The molecule has 4 atom stereocenters. The maximum absolute atomic E-state index is 5.98. The average Bonchev–Trinajstić information content (AvgIpc) is 2.40. The first-order valence-electron chi connectivity index (χ1n) is 3.82. The molecule has 9 heavy (non-hydrogen) atoms. The van der Waals surface area contributed by atoms with Crippen LogP contribution in [0.4, 0.5) is 0 Å². The van der Waals surface area contributed by atoms with Crippen LogP contribution in [0.15, 0.2) is 0 Å². The Balaban J connectivity index is 2.31. The summed E-state index contributed by atoms with van der Waals surface area (Å²) >= 11 is 5.98. The molecule has 0 nitrogen and oxygen atoms in total. The topological polar surface area (TPSA) is 0 Å². The molecule has 1 fully saturated rings. The molecule has 0 bridgehead atoms. The molecule has 1 aliphatic carbocycles. The van der Waals surface area contributed by atoms with Crippen LogP contribution in [0.1, 0.15) is 27.2 Å². The Morgan fingerprint density at radius 3 is 2.11 bits per heavy atom. The number of hydrogen-bond donors (Lipinski definition) is 0. The molecule has 0 saturated heterocycles. The van der Waals surface area contributed by atoms with E-state index < -0.39 is 0 Å². The normalized spacial score (nSPS) is 44.7. The van der Waals surface area contributed by atoms with Gasteiger partial charge >= 0.3 is 0 Å². The predicted molar refractivity (Wildman–Crippen MR) is 41.8 cm³/mol. The van der Waals surface area contributed by atoms with Crippen LogP contribution in [0.25, 0.3) is 0 Å². The molecule has 0 N–H and O–H groups in total. The maximum Gasteiger partial charge on any atom is 0.0398 e. The van der Waals surface area contributed by atoms with E-state index in [0.29, 0.717) is 5.38 Å². The third-order valence-electron chi connectivity index (χ3n) is 2.64. The second-order valence-corrected chi connectivity index (χ2v) is 3.77. The molecule has 1 saturated carbocycles. The summed E-state index contributed by atoms with van der Waals surface area (Å²) in [4.78, 5) is 0. The van der Waals surface area contributed by atoms with Crippen LogP contribution in [0.5, 0.6) is 0 Å². The van der Waals surface area contributed by atoms with Crippen molar-refractivity contribution >= 4 is 11.6 Å². The summed E-state index contributed by atoms with van der Waals surface area (Å²) in [7, 11) is 0. The minimum Gasteiger partial charge on any atom is -0.122 e. The number of rotatable bonds is 2. The Bertz CT molecular complexity index is 92.7. The van der Waals surface area contributed by atoms with E-state index in [9.17, 15) is 0 Å². The quantitative estimate of drug-likeness (QED) is 0.526. The Kier molecular flexibility index (Phi) is 2.05. The van der Waals surface area contributed by atoms with Crippen LogP contribution >= 0.6 is 11.6 Å². The zero-order chi connectivity index (χ0) is 7.02. The van der Waals surface area contributed by atoms with Gasteiger partial charge in [-0.05, 0) is 17.8 Å². The predicted octanol–water partition coefficient (Wildman–Crippen LogP) is 2.91. The summed E-state index contributed by atoms with van der Waals surface area (Å²) in [6.07, 6.45) is 1.28. The van der Waals surface area contributed by atoms with Crippen LogP contribution < -0.4 is 0 Å². The van der Waals surface area contributed by atoms with Crippen molar-refractivity contribution in [3.8, 4) is 0 Å². The van der Waals surface area contributed by atoms with Crippen molar-refractivity contribution in [3.05, 3.63) is 0 Å². The summed E-state index contributed by atoms with van der Waals surface area (Å²) in [6.45, 7) is 6.78. The molecule has 0 heterocycles. The van der Waals surface area contributed by atoms with Gasteiger partial charge in [-0.1, -0.05) is 27.2 Å². The minimum atomic E-state index is 0.486. The first-order chi connectivity index (χ1) is 4.18. The van der Waals surface area contributed by atoms with Crippen molar-refractivity contribution in [2.75, 3.05) is 0 Å². The van der Waals surface area contributed by atoms with E-state index >= 15 is 0 Å². The van der Waals surface area contributed by atoms with Crippen LogP contribution in [0.2, 0.25) is 0 Å². The Labute approximate surface area is 62.6 Å². The molecule has 0 aromatic carbocycles.